The Labute approximate surface area is 393 Å². The van der Waals surface area contributed by atoms with Crippen LogP contribution in [0.5, 0.6) is 11.5 Å². The SMILES string of the molecule is COc1ccc(C(OC[C@H]2O[C@@H](n3cc(C#Cc4ccc5c(c4)Cc4ccccc4-5)c(=O)[nH]c3=O)C[C@@H]2OP(OCCC#N)N(C(C)C)C(C)C)(c2ccccc2)c2ccc(OC)cc2)cc1. The fourth-order valence-corrected chi connectivity index (χ4v) is 10.7. The van der Waals surface area contributed by atoms with Crippen LogP contribution in [0.1, 0.15) is 85.7 Å². The number of aromatic nitrogens is 2. The van der Waals surface area contributed by atoms with Crippen LogP contribution in [-0.2, 0) is 30.5 Å². The fourth-order valence-electron chi connectivity index (χ4n) is 8.97. The maximum atomic E-state index is 13.8. The van der Waals surface area contributed by atoms with E-state index in [2.05, 4.69) is 79.5 Å². The third kappa shape index (κ3) is 10.2. The molecule has 67 heavy (non-hydrogen) atoms. The molecule has 4 atom stereocenters. The van der Waals surface area contributed by atoms with E-state index in [1.165, 1.54) is 33.0 Å². The highest BCUT2D eigenvalue weighted by Crippen LogP contribution is 2.51. The second kappa shape index (κ2) is 21.1. The smallest absolute Gasteiger partial charge is 0.330 e. The number of fused-ring (bicyclic) bond motifs is 3. The van der Waals surface area contributed by atoms with Gasteiger partial charge in [-0.3, -0.25) is 14.3 Å². The summed E-state index contributed by atoms with van der Waals surface area (Å²) in [6.45, 7) is 8.45. The summed E-state index contributed by atoms with van der Waals surface area (Å²) < 4.78 is 42.3. The summed E-state index contributed by atoms with van der Waals surface area (Å²) in [5.74, 6) is 7.58. The molecule has 12 nitrogen and oxygen atoms in total. The van der Waals surface area contributed by atoms with Gasteiger partial charge >= 0.3 is 5.69 Å². The molecule has 13 heteroatoms. The van der Waals surface area contributed by atoms with E-state index >= 15 is 0 Å². The van der Waals surface area contributed by atoms with Crippen LogP contribution in [0.2, 0.25) is 0 Å². The monoisotopic (exact) mass is 918 g/mol. The Morgan fingerprint density at radius 2 is 1.43 bits per heavy atom. The summed E-state index contributed by atoms with van der Waals surface area (Å²) >= 11 is 0. The molecule has 1 aromatic heterocycles. The average molecular weight is 919 g/mol. The van der Waals surface area contributed by atoms with Gasteiger partial charge < -0.3 is 28.0 Å². The van der Waals surface area contributed by atoms with E-state index in [0.29, 0.717) is 11.5 Å². The second-order valence-corrected chi connectivity index (χ2v) is 18.4. The van der Waals surface area contributed by atoms with Crippen molar-refractivity contribution < 1.29 is 28.0 Å². The molecule has 5 aromatic carbocycles. The highest BCUT2D eigenvalue weighted by Gasteiger charge is 2.45. The minimum atomic E-state index is -1.74. The van der Waals surface area contributed by atoms with Crippen LogP contribution in [0, 0.1) is 23.2 Å². The molecular weight excluding hydrogens is 864 g/mol. The van der Waals surface area contributed by atoms with Gasteiger partial charge in [-0.1, -0.05) is 96.8 Å². The summed E-state index contributed by atoms with van der Waals surface area (Å²) in [6.07, 6.45) is 0.322. The minimum absolute atomic E-state index is 0.00813. The van der Waals surface area contributed by atoms with Crippen molar-refractivity contribution in [1.82, 2.24) is 14.2 Å². The highest BCUT2D eigenvalue weighted by atomic mass is 31.2. The molecule has 1 unspecified atom stereocenters. The van der Waals surface area contributed by atoms with Crippen molar-refractivity contribution in [3.63, 3.8) is 0 Å². The molecule has 2 heterocycles. The van der Waals surface area contributed by atoms with Crippen LogP contribution in [0.3, 0.4) is 0 Å². The number of rotatable bonds is 17. The van der Waals surface area contributed by atoms with E-state index in [4.69, 9.17) is 28.0 Å². The molecule has 0 saturated carbocycles. The van der Waals surface area contributed by atoms with Crippen LogP contribution in [-0.4, -0.2) is 65.9 Å². The van der Waals surface area contributed by atoms with Gasteiger partial charge in [0.15, 0.2) is 0 Å². The zero-order valence-electron chi connectivity index (χ0n) is 38.6. The first kappa shape index (κ1) is 47.2. The molecule has 0 amide bonds. The largest absolute Gasteiger partial charge is 0.497 e. The summed E-state index contributed by atoms with van der Waals surface area (Å²) in [4.78, 5) is 29.6. The molecule has 1 N–H and O–H groups in total. The van der Waals surface area contributed by atoms with Crippen LogP contribution in [0.25, 0.3) is 11.1 Å². The number of nitrogens with one attached hydrogen (secondary N) is 1. The molecule has 8 rings (SSSR count). The van der Waals surface area contributed by atoms with Gasteiger partial charge in [0.1, 0.15) is 35.0 Å². The number of nitriles is 1. The Kier molecular flexibility index (Phi) is 14.8. The van der Waals surface area contributed by atoms with Crippen LogP contribution >= 0.6 is 8.53 Å². The number of nitrogens with zero attached hydrogens (tertiary/aromatic N) is 3. The third-order valence-electron chi connectivity index (χ3n) is 12.1. The Hall–Kier alpha value is -6.34. The fraction of sp³-hybridized carbons (Fsp3) is 0.315. The maximum absolute atomic E-state index is 13.8. The van der Waals surface area contributed by atoms with E-state index < -0.39 is 43.8 Å². The van der Waals surface area contributed by atoms with Gasteiger partial charge in [-0.2, -0.15) is 5.26 Å². The molecule has 2 aliphatic rings. The van der Waals surface area contributed by atoms with E-state index in [9.17, 15) is 14.9 Å². The van der Waals surface area contributed by atoms with Crippen LogP contribution in [0.15, 0.2) is 137 Å². The Bertz CT molecular complexity index is 2830. The number of hydrogen-bond donors (Lipinski definition) is 1. The van der Waals surface area contributed by atoms with Gasteiger partial charge in [-0.05, 0) is 109 Å². The Morgan fingerprint density at radius 3 is 2.07 bits per heavy atom. The molecule has 1 saturated heterocycles. The van der Waals surface area contributed by atoms with Crippen molar-refractivity contribution in [2.45, 2.75) is 83.1 Å². The van der Waals surface area contributed by atoms with Crippen molar-refractivity contribution in [2.75, 3.05) is 27.4 Å². The molecule has 1 fully saturated rings. The number of aromatic amines is 1. The average Bonchev–Trinajstić information content (AvgIpc) is 3.92. The third-order valence-corrected chi connectivity index (χ3v) is 14.3. The van der Waals surface area contributed by atoms with Crippen molar-refractivity contribution in [2.24, 2.45) is 0 Å². The zero-order valence-corrected chi connectivity index (χ0v) is 39.5. The second-order valence-electron chi connectivity index (χ2n) is 17.0. The van der Waals surface area contributed by atoms with Gasteiger partial charge in [0.2, 0.25) is 0 Å². The predicted octanol–water partition coefficient (Wildman–Crippen LogP) is 9.48. The molecule has 1 aliphatic carbocycles. The van der Waals surface area contributed by atoms with Gasteiger partial charge in [0, 0.05) is 30.3 Å². The summed E-state index contributed by atoms with van der Waals surface area (Å²) in [5.41, 5.74) is 5.80. The number of hydrogen-bond acceptors (Lipinski definition) is 10. The number of methoxy groups -OCH3 is 2. The molecule has 0 radical (unpaired) electrons. The summed E-state index contributed by atoms with van der Waals surface area (Å²) in [5, 5.41) is 9.46. The zero-order chi connectivity index (χ0) is 47.1. The number of benzene rings is 5. The quantitative estimate of drug-likeness (QED) is 0.0407. The lowest BCUT2D eigenvalue weighted by Gasteiger charge is -2.39. The topological polar surface area (TPSA) is 137 Å². The number of ether oxygens (including phenoxy) is 4. The predicted molar refractivity (Wildman–Crippen MR) is 259 cm³/mol. The lowest BCUT2D eigenvalue weighted by Crippen LogP contribution is -2.39. The normalized spacial score (nSPS) is 16.9. The Morgan fingerprint density at radius 1 is 0.806 bits per heavy atom. The number of H-pyrrole nitrogens is 1. The van der Waals surface area contributed by atoms with Crippen LogP contribution in [0.4, 0.5) is 0 Å². The maximum Gasteiger partial charge on any atom is 0.330 e. The van der Waals surface area contributed by atoms with E-state index in [1.54, 1.807) is 14.2 Å². The van der Waals surface area contributed by atoms with Crippen molar-refractivity contribution in [1.29, 1.82) is 5.26 Å². The van der Waals surface area contributed by atoms with Crippen molar-refractivity contribution in [3.8, 4) is 40.5 Å². The molecule has 0 spiro atoms. The van der Waals surface area contributed by atoms with Gasteiger partial charge in [-0.15, -0.1) is 0 Å². The highest BCUT2D eigenvalue weighted by molar-refractivity contribution is 7.44. The molecule has 6 aromatic rings. The standard InChI is InChI=1S/C54H55N4O8P/c1-36(2)58(37(3)4)67(64-30-12-29-55)66-49-33-51(57-34-40(52(59)56-53(57)60)19-17-38-18-28-48-41(31-38)32-39-13-10-11-16-47(39)48)65-50(49)35-63-54(42-14-8-7-9-15-42,43-20-24-45(61-5)25-21-43)44-22-26-46(62-6)27-23-44/h7-11,13-16,18,20-28,31,34,36-37,49-51H,12,30,32-33,35H2,1-6H3,(H,56,59,60)/t49-,50+,51+,67?/m0/s1. The Balaban J connectivity index is 1.17. The lowest BCUT2D eigenvalue weighted by atomic mass is 9.80. The lowest BCUT2D eigenvalue weighted by molar-refractivity contribution is -0.0925. The first-order valence-corrected chi connectivity index (χ1v) is 23.6. The summed E-state index contributed by atoms with van der Waals surface area (Å²) in [7, 11) is 1.52. The van der Waals surface area contributed by atoms with Crippen LogP contribution < -0.4 is 20.7 Å². The van der Waals surface area contributed by atoms with Crippen molar-refractivity contribution in [3.05, 3.63) is 187 Å². The van der Waals surface area contributed by atoms with Gasteiger partial charge in [0.05, 0.1) is 46.0 Å². The van der Waals surface area contributed by atoms with Gasteiger partial charge in [-0.25, -0.2) is 9.46 Å². The van der Waals surface area contributed by atoms with E-state index in [0.717, 1.165) is 28.7 Å². The van der Waals surface area contributed by atoms with Crippen molar-refractivity contribution >= 4 is 8.53 Å². The van der Waals surface area contributed by atoms with E-state index in [-0.39, 0.29) is 43.7 Å². The molecule has 344 valence electrons. The molecular formula is C54H55N4O8P. The van der Waals surface area contributed by atoms with E-state index in [1.807, 2.05) is 97.1 Å². The van der Waals surface area contributed by atoms with Gasteiger partial charge in [0.25, 0.3) is 14.1 Å². The minimum Gasteiger partial charge on any atom is -0.497 e. The first-order chi connectivity index (χ1) is 32.5. The molecule has 0 bridgehead atoms. The summed E-state index contributed by atoms with van der Waals surface area (Å²) in [6, 6.07) is 42.1. The first-order valence-electron chi connectivity index (χ1n) is 22.5. The molecule has 1 aliphatic heterocycles.